The molecule has 0 bridgehead atoms. The average molecular weight is 440 g/mol. The summed E-state index contributed by atoms with van der Waals surface area (Å²) in [7, 11) is 0. The van der Waals surface area contributed by atoms with Crippen molar-refractivity contribution >= 4 is 11.9 Å². The number of aromatic nitrogens is 3. The Bertz CT molecular complexity index is 947. The molecule has 3 aliphatic rings. The summed E-state index contributed by atoms with van der Waals surface area (Å²) in [4.78, 5) is 26.9. The summed E-state index contributed by atoms with van der Waals surface area (Å²) in [5, 5.41) is 4.07. The number of likely N-dealkylation sites (tertiary alicyclic amines) is 1. The predicted octanol–water partition coefficient (Wildman–Crippen LogP) is 3.56. The van der Waals surface area contributed by atoms with E-state index < -0.39 is 0 Å². The number of nitrogens with zero attached hydrogens (tertiary/aromatic N) is 5. The molecule has 5 heterocycles. The monoisotopic (exact) mass is 439 g/mol. The largest absolute Gasteiger partial charge is 0.368 e. The molecule has 3 saturated heterocycles. The summed E-state index contributed by atoms with van der Waals surface area (Å²) in [6.45, 7) is 8.38. The van der Waals surface area contributed by atoms with Crippen molar-refractivity contribution < 1.29 is 14.1 Å². The molecule has 8 nitrogen and oxygen atoms in total. The first-order valence-corrected chi connectivity index (χ1v) is 12.0. The normalized spacial score (nSPS) is 24.8. The fourth-order valence-electron chi connectivity index (χ4n) is 5.25. The highest BCUT2D eigenvalue weighted by Gasteiger charge is 2.33. The summed E-state index contributed by atoms with van der Waals surface area (Å²) >= 11 is 0. The Hall–Kier alpha value is -2.48. The maximum Gasteiger partial charge on any atom is 0.251 e. The molecule has 1 amide bonds. The number of hydrogen-bond donors (Lipinski definition) is 0. The van der Waals surface area contributed by atoms with Gasteiger partial charge in [-0.1, -0.05) is 12.1 Å². The summed E-state index contributed by atoms with van der Waals surface area (Å²) in [6.07, 6.45) is 7.68. The van der Waals surface area contributed by atoms with Crippen LogP contribution in [-0.4, -0.2) is 64.8 Å². The Morgan fingerprint density at radius 1 is 1.12 bits per heavy atom. The maximum absolute atomic E-state index is 12.8. The van der Waals surface area contributed by atoms with Crippen LogP contribution in [0.4, 0.5) is 5.95 Å². The van der Waals surface area contributed by atoms with Gasteiger partial charge in [-0.05, 0) is 51.4 Å². The Kier molecular flexibility index (Phi) is 6.13. The van der Waals surface area contributed by atoms with Crippen molar-refractivity contribution in [2.75, 3.05) is 37.7 Å². The molecular formula is C24H33N5O3. The molecule has 0 N–H and O–H groups in total. The minimum atomic E-state index is -0.244. The van der Waals surface area contributed by atoms with Crippen molar-refractivity contribution in [3.63, 3.8) is 0 Å². The molecule has 2 unspecified atom stereocenters. The van der Waals surface area contributed by atoms with E-state index in [4.69, 9.17) is 19.2 Å². The van der Waals surface area contributed by atoms with Crippen LogP contribution in [0.2, 0.25) is 0 Å². The lowest BCUT2D eigenvalue weighted by molar-refractivity contribution is -0.142. The minimum Gasteiger partial charge on any atom is -0.368 e. The third kappa shape index (κ3) is 4.37. The number of anilines is 1. The van der Waals surface area contributed by atoms with Crippen molar-refractivity contribution in [1.29, 1.82) is 0 Å². The fourth-order valence-corrected chi connectivity index (χ4v) is 5.25. The molecule has 8 heteroatoms. The molecule has 2 aromatic heterocycles. The van der Waals surface area contributed by atoms with Gasteiger partial charge in [0.1, 0.15) is 6.10 Å². The van der Waals surface area contributed by atoms with Crippen molar-refractivity contribution in [3.05, 3.63) is 23.7 Å². The highest BCUT2D eigenvalue weighted by Crippen LogP contribution is 2.36. The number of amides is 1. The SMILES string of the molecule is Cc1cc(-c2cnc(N3CCCC(C)C3)nc2C2CCN(C(=O)C3CCCO3)CC2)on1. The summed E-state index contributed by atoms with van der Waals surface area (Å²) in [6, 6.07) is 1.95. The zero-order chi connectivity index (χ0) is 22.1. The summed E-state index contributed by atoms with van der Waals surface area (Å²) in [5.41, 5.74) is 2.79. The van der Waals surface area contributed by atoms with Crippen LogP contribution in [0.15, 0.2) is 16.8 Å². The van der Waals surface area contributed by atoms with Gasteiger partial charge in [-0.3, -0.25) is 4.79 Å². The van der Waals surface area contributed by atoms with E-state index in [2.05, 4.69) is 17.0 Å². The van der Waals surface area contributed by atoms with Gasteiger partial charge in [-0.25, -0.2) is 9.97 Å². The molecule has 3 fully saturated rings. The lowest BCUT2D eigenvalue weighted by atomic mass is 9.90. The van der Waals surface area contributed by atoms with Crippen molar-refractivity contribution in [2.24, 2.45) is 5.92 Å². The van der Waals surface area contributed by atoms with Crippen LogP contribution in [0.5, 0.6) is 0 Å². The topological polar surface area (TPSA) is 84.6 Å². The molecule has 3 aliphatic heterocycles. The Morgan fingerprint density at radius 2 is 1.97 bits per heavy atom. The zero-order valence-corrected chi connectivity index (χ0v) is 19.1. The third-order valence-electron chi connectivity index (χ3n) is 7.04. The van der Waals surface area contributed by atoms with Crippen LogP contribution in [0.1, 0.15) is 62.8 Å². The van der Waals surface area contributed by atoms with E-state index >= 15 is 0 Å². The first-order chi connectivity index (χ1) is 15.6. The molecule has 2 aromatic rings. The number of rotatable bonds is 4. The predicted molar refractivity (Wildman–Crippen MR) is 120 cm³/mol. The summed E-state index contributed by atoms with van der Waals surface area (Å²) in [5.74, 6) is 2.59. The smallest absolute Gasteiger partial charge is 0.251 e. The van der Waals surface area contributed by atoms with Gasteiger partial charge in [-0.15, -0.1) is 0 Å². The number of piperidine rings is 2. The maximum atomic E-state index is 12.8. The molecule has 32 heavy (non-hydrogen) atoms. The molecule has 5 rings (SSSR count). The molecule has 0 radical (unpaired) electrons. The van der Waals surface area contributed by atoms with E-state index in [0.29, 0.717) is 18.3 Å². The Morgan fingerprint density at radius 3 is 2.66 bits per heavy atom. The third-order valence-corrected chi connectivity index (χ3v) is 7.04. The second-order valence-corrected chi connectivity index (χ2v) is 9.60. The van der Waals surface area contributed by atoms with E-state index in [0.717, 1.165) is 74.8 Å². The van der Waals surface area contributed by atoms with Crippen LogP contribution in [0.3, 0.4) is 0 Å². The van der Waals surface area contributed by atoms with Gasteiger partial charge >= 0.3 is 0 Å². The Balaban J connectivity index is 1.38. The first kappa shape index (κ1) is 21.4. The molecular weight excluding hydrogens is 406 g/mol. The number of carbonyl (C=O) groups is 1. The van der Waals surface area contributed by atoms with Gasteiger partial charge in [0.25, 0.3) is 5.91 Å². The molecule has 0 saturated carbocycles. The zero-order valence-electron chi connectivity index (χ0n) is 19.1. The average Bonchev–Trinajstić information content (AvgIpc) is 3.50. The van der Waals surface area contributed by atoms with Crippen LogP contribution in [0, 0.1) is 12.8 Å². The van der Waals surface area contributed by atoms with Gasteiger partial charge in [0.15, 0.2) is 5.76 Å². The second kappa shape index (κ2) is 9.17. The highest BCUT2D eigenvalue weighted by molar-refractivity contribution is 5.81. The highest BCUT2D eigenvalue weighted by atomic mass is 16.5. The fraction of sp³-hybridized carbons (Fsp3) is 0.667. The van der Waals surface area contributed by atoms with E-state index in [1.165, 1.54) is 12.8 Å². The molecule has 0 aromatic carbocycles. The van der Waals surface area contributed by atoms with Gasteiger partial charge in [-0.2, -0.15) is 0 Å². The molecule has 2 atom stereocenters. The molecule has 0 spiro atoms. The second-order valence-electron chi connectivity index (χ2n) is 9.60. The van der Waals surface area contributed by atoms with Crippen molar-refractivity contribution in [3.8, 4) is 11.3 Å². The van der Waals surface area contributed by atoms with E-state index in [-0.39, 0.29) is 17.9 Å². The number of aryl methyl sites for hydroxylation is 1. The van der Waals surface area contributed by atoms with Crippen molar-refractivity contribution in [2.45, 2.75) is 64.4 Å². The quantitative estimate of drug-likeness (QED) is 0.720. The first-order valence-electron chi connectivity index (χ1n) is 12.0. The van der Waals surface area contributed by atoms with Gasteiger partial charge < -0.3 is 19.1 Å². The number of ether oxygens (including phenoxy) is 1. The van der Waals surface area contributed by atoms with E-state index in [9.17, 15) is 4.79 Å². The van der Waals surface area contributed by atoms with Crippen LogP contribution in [-0.2, 0) is 9.53 Å². The van der Waals surface area contributed by atoms with Crippen molar-refractivity contribution in [1.82, 2.24) is 20.0 Å². The summed E-state index contributed by atoms with van der Waals surface area (Å²) < 4.78 is 11.2. The minimum absolute atomic E-state index is 0.151. The standard InChI is InChI=1S/C24H33N5O3/c1-16-5-3-9-29(15-16)24-25-14-19(21-13-17(2)27-32-21)22(26-24)18-7-10-28(11-8-18)23(30)20-6-4-12-31-20/h13-14,16,18,20H,3-12,15H2,1-2H3. The van der Waals surface area contributed by atoms with Gasteiger partial charge in [0.2, 0.25) is 5.95 Å². The van der Waals surface area contributed by atoms with E-state index in [1.807, 2.05) is 24.1 Å². The van der Waals surface area contributed by atoms with Gasteiger partial charge in [0, 0.05) is 51.0 Å². The number of hydrogen-bond acceptors (Lipinski definition) is 7. The lowest BCUT2D eigenvalue weighted by Gasteiger charge is -2.34. The van der Waals surface area contributed by atoms with Gasteiger partial charge in [0.05, 0.1) is 17.0 Å². The van der Waals surface area contributed by atoms with Crippen LogP contribution < -0.4 is 4.90 Å². The molecule has 0 aliphatic carbocycles. The molecule has 172 valence electrons. The van der Waals surface area contributed by atoms with E-state index in [1.54, 1.807) is 0 Å². The van der Waals surface area contributed by atoms with Crippen LogP contribution in [0.25, 0.3) is 11.3 Å². The van der Waals surface area contributed by atoms with Crippen LogP contribution >= 0.6 is 0 Å². The lowest BCUT2D eigenvalue weighted by Crippen LogP contribution is -2.43. The Labute approximate surface area is 189 Å². The number of carbonyl (C=O) groups excluding carboxylic acids is 1.